The largest absolute Gasteiger partial charge is 0.352 e. The first-order valence-corrected chi connectivity index (χ1v) is 9.36. The summed E-state index contributed by atoms with van der Waals surface area (Å²) in [7, 11) is -3.64. The van der Waals surface area contributed by atoms with E-state index in [1.54, 1.807) is 0 Å². The number of carbonyl (C=O) groups excluding carboxylic acids is 1. The number of aryl methyl sites for hydroxylation is 1. The highest BCUT2D eigenvalue weighted by Gasteiger charge is 2.13. The summed E-state index contributed by atoms with van der Waals surface area (Å²) < 4.78 is 26.1. The van der Waals surface area contributed by atoms with Gasteiger partial charge in [-0.3, -0.25) is 4.79 Å². The Balaban J connectivity index is 1.85. The molecular formula is C19H20N2O3S. The zero-order valence-electron chi connectivity index (χ0n) is 13.7. The molecule has 2 N–H and O–H groups in total. The highest BCUT2D eigenvalue weighted by Crippen LogP contribution is 2.10. The molecular weight excluding hydrogens is 336 g/mol. The van der Waals surface area contributed by atoms with E-state index >= 15 is 0 Å². The summed E-state index contributed by atoms with van der Waals surface area (Å²) in [6.45, 7) is 0.476. The van der Waals surface area contributed by atoms with Crippen molar-refractivity contribution in [3.8, 4) is 12.3 Å². The molecule has 0 saturated heterocycles. The smallest absolute Gasteiger partial charge is 0.251 e. The fraction of sp³-hybridized carbons (Fsp3) is 0.211. The molecule has 130 valence electrons. The monoisotopic (exact) mass is 356 g/mol. The Labute approximate surface area is 148 Å². The molecule has 0 unspecified atom stereocenters. The Kier molecular flexibility index (Phi) is 6.75. The number of terminal acetylenes is 1. The predicted molar refractivity (Wildman–Crippen MR) is 97.6 cm³/mol. The maximum absolute atomic E-state index is 12.1. The SMILES string of the molecule is C#CCNS(=O)(=O)c1ccc(C(=O)NCCCc2ccccc2)cc1. The maximum atomic E-state index is 12.1. The highest BCUT2D eigenvalue weighted by molar-refractivity contribution is 7.89. The molecule has 2 aromatic rings. The molecule has 0 aliphatic carbocycles. The average Bonchev–Trinajstić information content (AvgIpc) is 2.64. The lowest BCUT2D eigenvalue weighted by molar-refractivity contribution is 0.0953. The summed E-state index contributed by atoms with van der Waals surface area (Å²) in [6.07, 6.45) is 6.76. The summed E-state index contributed by atoms with van der Waals surface area (Å²) in [5, 5.41) is 2.83. The van der Waals surface area contributed by atoms with Crippen molar-refractivity contribution in [2.75, 3.05) is 13.1 Å². The fourth-order valence-corrected chi connectivity index (χ4v) is 3.18. The topological polar surface area (TPSA) is 75.3 Å². The molecule has 0 aromatic heterocycles. The van der Waals surface area contributed by atoms with Crippen LogP contribution >= 0.6 is 0 Å². The van der Waals surface area contributed by atoms with Gasteiger partial charge in [-0.2, -0.15) is 4.72 Å². The number of hydrogen-bond acceptors (Lipinski definition) is 3. The molecule has 0 fully saturated rings. The number of carbonyl (C=O) groups is 1. The van der Waals surface area contributed by atoms with E-state index in [4.69, 9.17) is 6.42 Å². The van der Waals surface area contributed by atoms with Crippen molar-refractivity contribution in [1.29, 1.82) is 0 Å². The molecule has 2 aromatic carbocycles. The molecule has 0 saturated carbocycles. The van der Waals surface area contributed by atoms with Gasteiger partial charge in [-0.15, -0.1) is 6.42 Å². The van der Waals surface area contributed by atoms with E-state index in [1.165, 1.54) is 29.8 Å². The molecule has 5 nitrogen and oxygen atoms in total. The molecule has 25 heavy (non-hydrogen) atoms. The minimum atomic E-state index is -3.64. The third-order valence-corrected chi connectivity index (χ3v) is 4.98. The van der Waals surface area contributed by atoms with Gasteiger partial charge in [-0.1, -0.05) is 36.3 Å². The lowest BCUT2D eigenvalue weighted by atomic mass is 10.1. The van der Waals surface area contributed by atoms with Crippen LogP contribution in [0.1, 0.15) is 22.3 Å². The maximum Gasteiger partial charge on any atom is 0.251 e. The number of amides is 1. The van der Waals surface area contributed by atoms with E-state index < -0.39 is 10.0 Å². The summed E-state index contributed by atoms with van der Waals surface area (Å²) in [4.78, 5) is 12.2. The second-order valence-electron chi connectivity index (χ2n) is 5.40. The van der Waals surface area contributed by atoms with E-state index in [0.717, 1.165) is 12.8 Å². The van der Waals surface area contributed by atoms with Gasteiger partial charge in [0.25, 0.3) is 5.91 Å². The number of sulfonamides is 1. The molecule has 2 rings (SSSR count). The van der Waals surface area contributed by atoms with E-state index in [2.05, 4.69) is 28.1 Å². The van der Waals surface area contributed by atoms with Crippen LogP contribution in [0.3, 0.4) is 0 Å². The van der Waals surface area contributed by atoms with Gasteiger partial charge in [0.2, 0.25) is 10.0 Å². The van der Waals surface area contributed by atoms with Crippen molar-refractivity contribution in [1.82, 2.24) is 10.0 Å². The van der Waals surface area contributed by atoms with Crippen LogP contribution in [-0.4, -0.2) is 27.4 Å². The Bertz CT molecular complexity index is 838. The lowest BCUT2D eigenvalue weighted by Gasteiger charge is -2.07. The summed E-state index contributed by atoms with van der Waals surface area (Å²) in [5.41, 5.74) is 1.64. The molecule has 0 heterocycles. The quantitative estimate of drug-likeness (QED) is 0.561. The first kappa shape index (κ1) is 18.7. The van der Waals surface area contributed by atoms with Crippen molar-refractivity contribution in [3.63, 3.8) is 0 Å². The van der Waals surface area contributed by atoms with Crippen LogP contribution in [0.4, 0.5) is 0 Å². The van der Waals surface area contributed by atoms with Crippen molar-refractivity contribution < 1.29 is 13.2 Å². The van der Waals surface area contributed by atoms with Crippen molar-refractivity contribution >= 4 is 15.9 Å². The minimum Gasteiger partial charge on any atom is -0.352 e. The van der Waals surface area contributed by atoms with Crippen molar-refractivity contribution in [2.24, 2.45) is 0 Å². The molecule has 0 radical (unpaired) electrons. The zero-order valence-corrected chi connectivity index (χ0v) is 14.6. The van der Waals surface area contributed by atoms with Crippen LogP contribution in [0.25, 0.3) is 0 Å². The predicted octanol–water partition coefficient (Wildman–Crippen LogP) is 1.96. The van der Waals surface area contributed by atoms with Gasteiger partial charge >= 0.3 is 0 Å². The van der Waals surface area contributed by atoms with Gasteiger partial charge in [0.1, 0.15) is 0 Å². The number of benzene rings is 2. The molecule has 0 aliphatic heterocycles. The molecule has 0 atom stereocenters. The second-order valence-corrected chi connectivity index (χ2v) is 7.17. The van der Waals surface area contributed by atoms with E-state index in [-0.39, 0.29) is 17.3 Å². The van der Waals surface area contributed by atoms with Crippen LogP contribution in [0.15, 0.2) is 59.5 Å². The van der Waals surface area contributed by atoms with Gasteiger partial charge in [0.05, 0.1) is 11.4 Å². The lowest BCUT2D eigenvalue weighted by Crippen LogP contribution is -2.26. The van der Waals surface area contributed by atoms with Gasteiger partial charge in [-0.25, -0.2) is 8.42 Å². The van der Waals surface area contributed by atoms with Crippen LogP contribution in [0, 0.1) is 12.3 Å². The van der Waals surface area contributed by atoms with Gasteiger partial charge in [-0.05, 0) is 42.7 Å². The number of hydrogen-bond donors (Lipinski definition) is 2. The number of nitrogens with one attached hydrogen (secondary N) is 2. The average molecular weight is 356 g/mol. The zero-order chi connectivity index (χ0) is 18.1. The second kappa shape index (κ2) is 9.02. The Morgan fingerprint density at radius 1 is 1.04 bits per heavy atom. The summed E-state index contributed by atoms with van der Waals surface area (Å²) in [5.74, 6) is 1.98. The molecule has 6 heteroatoms. The Hall–Kier alpha value is -2.62. The molecule has 1 amide bonds. The van der Waals surface area contributed by atoms with Crippen molar-refractivity contribution in [2.45, 2.75) is 17.7 Å². The van der Waals surface area contributed by atoms with Gasteiger partial charge in [0, 0.05) is 12.1 Å². The van der Waals surface area contributed by atoms with E-state index in [1.807, 2.05) is 18.2 Å². The third-order valence-electron chi connectivity index (χ3n) is 3.56. The van der Waals surface area contributed by atoms with Crippen LogP contribution < -0.4 is 10.0 Å². The van der Waals surface area contributed by atoms with E-state index in [9.17, 15) is 13.2 Å². The first-order chi connectivity index (χ1) is 12.0. The molecule has 0 spiro atoms. The van der Waals surface area contributed by atoms with Crippen LogP contribution in [0.2, 0.25) is 0 Å². The van der Waals surface area contributed by atoms with Gasteiger partial charge < -0.3 is 5.32 Å². The van der Waals surface area contributed by atoms with Crippen LogP contribution in [-0.2, 0) is 16.4 Å². The third kappa shape index (κ3) is 5.75. The number of rotatable bonds is 8. The summed E-state index contributed by atoms with van der Waals surface area (Å²) >= 11 is 0. The highest BCUT2D eigenvalue weighted by atomic mass is 32.2. The normalized spacial score (nSPS) is 10.8. The summed E-state index contributed by atoms with van der Waals surface area (Å²) in [6, 6.07) is 15.8. The van der Waals surface area contributed by atoms with E-state index in [0.29, 0.717) is 12.1 Å². The Morgan fingerprint density at radius 2 is 1.72 bits per heavy atom. The fourth-order valence-electron chi connectivity index (χ4n) is 2.25. The standard InChI is InChI=1S/C19H20N2O3S/c1-2-14-21-25(23,24)18-12-10-17(11-13-18)19(22)20-15-6-9-16-7-4-3-5-8-16/h1,3-5,7-8,10-13,21H,6,9,14-15H2,(H,20,22). The Morgan fingerprint density at radius 3 is 2.36 bits per heavy atom. The minimum absolute atomic E-state index is 0.0726. The van der Waals surface area contributed by atoms with Crippen molar-refractivity contribution in [3.05, 3.63) is 65.7 Å². The molecule has 0 aliphatic rings. The van der Waals surface area contributed by atoms with Gasteiger partial charge in [0.15, 0.2) is 0 Å². The van der Waals surface area contributed by atoms with Crippen LogP contribution in [0.5, 0.6) is 0 Å². The molecule has 0 bridgehead atoms. The first-order valence-electron chi connectivity index (χ1n) is 7.88.